The molecular weight excluding hydrogens is 324 g/mol. The average molecular weight is 344 g/mol. The second-order valence-electron chi connectivity index (χ2n) is 6.40. The largest absolute Gasteiger partial charge is 0.333 e. The van der Waals surface area contributed by atoms with Crippen molar-refractivity contribution < 1.29 is 4.79 Å². The molecule has 0 saturated heterocycles. The third-order valence-electron chi connectivity index (χ3n) is 4.78. The van der Waals surface area contributed by atoms with Crippen LogP contribution in [0.1, 0.15) is 21.6 Å². The Morgan fingerprint density at radius 1 is 1.00 bits per heavy atom. The van der Waals surface area contributed by atoms with E-state index in [1.54, 1.807) is 6.07 Å². The topological polar surface area (TPSA) is 49.3 Å². The Morgan fingerprint density at radius 2 is 1.73 bits per heavy atom. The van der Waals surface area contributed by atoms with Crippen LogP contribution in [0.25, 0.3) is 0 Å². The van der Waals surface area contributed by atoms with Gasteiger partial charge in [-0.15, -0.1) is 0 Å². The van der Waals surface area contributed by atoms with Gasteiger partial charge in [0.15, 0.2) is 0 Å². The van der Waals surface area contributed by atoms with Crippen LogP contribution in [0.15, 0.2) is 67.0 Å². The number of carbonyl (C=O) groups is 1. The minimum absolute atomic E-state index is 0.0513. The molecule has 0 radical (unpaired) electrons. The quantitative estimate of drug-likeness (QED) is 0.730. The second kappa shape index (κ2) is 6.96. The molecule has 2 heterocycles. The highest BCUT2D eigenvalue weighted by atomic mass is 16.2. The maximum absolute atomic E-state index is 12.9. The Bertz CT molecular complexity index is 926. The predicted octanol–water partition coefficient (Wildman–Crippen LogP) is 3.44. The number of aromatic nitrogens is 2. The second-order valence-corrected chi connectivity index (χ2v) is 6.40. The fourth-order valence-corrected chi connectivity index (χ4v) is 3.26. The Labute approximate surface area is 152 Å². The molecule has 0 aliphatic carbocycles. The van der Waals surface area contributed by atoms with Crippen molar-refractivity contribution in [1.29, 1.82) is 0 Å². The van der Waals surface area contributed by atoms with Crippen molar-refractivity contribution in [2.45, 2.75) is 13.0 Å². The molecule has 5 heteroatoms. The Kier molecular flexibility index (Phi) is 4.35. The summed E-state index contributed by atoms with van der Waals surface area (Å²) in [6.07, 6.45) is 2.34. The van der Waals surface area contributed by atoms with Crippen LogP contribution < -0.4 is 4.90 Å². The number of nitrogens with zero attached hydrogens (tertiary/aromatic N) is 4. The van der Waals surface area contributed by atoms with Crippen LogP contribution >= 0.6 is 0 Å². The van der Waals surface area contributed by atoms with Gasteiger partial charge in [-0.2, -0.15) is 0 Å². The van der Waals surface area contributed by atoms with Gasteiger partial charge >= 0.3 is 0 Å². The summed E-state index contributed by atoms with van der Waals surface area (Å²) in [5, 5.41) is 0. The Morgan fingerprint density at radius 3 is 2.54 bits per heavy atom. The third-order valence-corrected chi connectivity index (χ3v) is 4.78. The lowest BCUT2D eigenvalue weighted by molar-refractivity contribution is 0.0728. The van der Waals surface area contributed by atoms with Crippen LogP contribution in [-0.2, 0) is 13.0 Å². The molecule has 1 aliphatic rings. The molecule has 26 heavy (non-hydrogen) atoms. The van der Waals surface area contributed by atoms with Crippen molar-refractivity contribution >= 4 is 17.4 Å². The highest BCUT2D eigenvalue weighted by Gasteiger charge is 2.23. The number of hydrogen-bond donors (Lipinski definition) is 0. The normalized spacial score (nSPS) is 13.2. The number of benzene rings is 2. The molecule has 0 fully saturated rings. The van der Waals surface area contributed by atoms with E-state index in [1.165, 1.54) is 17.5 Å². The first-order valence-electron chi connectivity index (χ1n) is 8.69. The molecule has 0 N–H and O–H groups in total. The summed E-state index contributed by atoms with van der Waals surface area (Å²) in [5.74, 6) is 0.650. The first-order chi connectivity index (χ1) is 12.7. The summed E-state index contributed by atoms with van der Waals surface area (Å²) >= 11 is 0. The molecule has 0 unspecified atom stereocenters. The third kappa shape index (κ3) is 3.16. The van der Waals surface area contributed by atoms with Crippen molar-refractivity contribution in [2.75, 3.05) is 18.5 Å². The van der Waals surface area contributed by atoms with Crippen molar-refractivity contribution in [3.05, 3.63) is 83.8 Å². The number of rotatable bonds is 3. The molecule has 1 amide bonds. The zero-order valence-electron chi connectivity index (χ0n) is 14.7. The Hall–Kier alpha value is -3.21. The standard InChI is InChI=1S/C21H20N4O/c1-24(18-9-3-2-4-10-18)20-13-19(22-15-23-20)21(26)25-12-11-16-7-5-6-8-17(16)14-25/h2-10,13,15H,11-12,14H2,1H3. The Balaban J connectivity index is 1.56. The summed E-state index contributed by atoms with van der Waals surface area (Å²) in [7, 11) is 1.93. The van der Waals surface area contributed by atoms with Crippen LogP contribution in [0.3, 0.4) is 0 Å². The van der Waals surface area contributed by atoms with Gasteiger partial charge in [0.2, 0.25) is 0 Å². The zero-order chi connectivity index (χ0) is 17.9. The van der Waals surface area contributed by atoms with Crippen LogP contribution in [0.5, 0.6) is 0 Å². The minimum Gasteiger partial charge on any atom is -0.333 e. The summed E-state index contributed by atoms with van der Waals surface area (Å²) in [6.45, 7) is 1.34. The van der Waals surface area contributed by atoms with Crippen LogP contribution in [-0.4, -0.2) is 34.4 Å². The molecule has 5 nitrogen and oxygen atoms in total. The van der Waals surface area contributed by atoms with Crippen molar-refractivity contribution in [2.24, 2.45) is 0 Å². The van der Waals surface area contributed by atoms with Crippen molar-refractivity contribution in [1.82, 2.24) is 14.9 Å². The predicted molar refractivity (Wildman–Crippen MR) is 101 cm³/mol. The van der Waals surface area contributed by atoms with Gasteiger partial charge in [0.25, 0.3) is 5.91 Å². The maximum Gasteiger partial charge on any atom is 0.272 e. The molecule has 1 aromatic heterocycles. The summed E-state index contributed by atoms with van der Waals surface area (Å²) in [4.78, 5) is 25.3. The lowest BCUT2D eigenvalue weighted by Crippen LogP contribution is -2.36. The van der Waals surface area contributed by atoms with E-state index in [0.29, 0.717) is 24.6 Å². The zero-order valence-corrected chi connectivity index (χ0v) is 14.7. The van der Waals surface area contributed by atoms with Crippen molar-refractivity contribution in [3.8, 4) is 0 Å². The number of fused-ring (bicyclic) bond motifs is 1. The molecule has 0 spiro atoms. The first-order valence-corrected chi connectivity index (χ1v) is 8.69. The van der Waals surface area contributed by atoms with Crippen LogP contribution in [0.2, 0.25) is 0 Å². The van der Waals surface area contributed by atoms with E-state index in [4.69, 9.17) is 0 Å². The monoisotopic (exact) mass is 344 g/mol. The SMILES string of the molecule is CN(c1ccccc1)c1cc(C(=O)N2CCc3ccccc3C2)ncn1. The number of carbonyl (C=O) groups excluding carboxylic acids is 1. The molecule has 1 aliphatic heterocycles. The van der Waals surface area contributed by atoms with Gasteiger partial charge in [-0.25, -0.2) is 9.97 Å². The van der Waals surface area contributed by atoms with Crippen LogP contribution in [0.4, 0.5) is 11.5 Å². The van der Waals surface area contributed by atoms with Gasteiger partial charge in [-0.1, -0.05) is 42.5 Å². The summed E-state index contributed by atoms with van der Waals surface area (Å²) in [6, 6.07) is 20.0. The number of amides is 1. The fourth-order valence-electron chi connectivity index (χ4n) is 3.26. The minimum atomic E-state index is -0.0513. The molecule has 0 bridgehead atoms. The van der Waals surface area contributed by atoms with Gasteiger partial charge in [-0.3, -0.25) is 4.79 Å². The van der Waals surface area contributed by atoms with E-state index in [2.05, 4.69) is 22.1 Å². The fraction of sp³-hybridized carbons (Fsp3) is 0.190. The molecule has 130 valence electrons. The number of para-hydroxylation sites is 1. The van der Waals surface area contributed by atoms with Crippen LogP contribution in [0, 0.1) is 0 Å². The van der Waals surface area contributed by atoms with E-state index < -0.39 is 0 Å². The first kappa shape index (κ1) is 16.3. The molecule has 0 saturated carbocycles. The molecule has 4 rings (SSSR count). The maximum atomic E-state index is 12.9. The average Bonchev–Trinajstić information content (AvgIpc) is 2.73. The van der Waals surface area contributed by atoms with Gasteiger partial charge in [-0.05, 0) is 29.7 Å². The summed E-state index contributed by atoms with van der Waals surface area (Å²) in [5.41, 5.74) is 3.97. The van der Waals surface area contributed by atoms with E-state index in [0.717, 1.165) is 12.1 Å². The summed E-state index contributed by atoms with van der Waals surface area (Å²) < 4.78 is 0. The number of hydrogen-bond acceptors (Lipinski definition) is 4. The van der Waals surface area contributed by atoms with Gasteiger partial charge < -0.3 is 9.80 Å². The van der Waals surface area contributed by atoms with Crippen molar-refractivity contribution in [3.63, 3.8) is 0 Å². The van der Waals surface area contributed by atoms with Gasteiger partial charge in [0, 0.05) is 31.9 Å². The molecule has 3 aromatic rings. The van der Waals surface area contributed by atoms with E-state index in [9.17, 15) is 4.79 Å². The van der Waals surface area contributed by atoms with E-state index in [1.807, 2.05) is 59.3 Å². The smallest absolute Gasteiger partial charge is 0.272 e. The lowest BCUT2D eigenvalue weighted by atomic mass is 10.00. The highest BCUT2D eigenvalue weighted by Crippen LogP contribution is 2.23. The molecular formula is C21H20N4O. The molecule has 2 aromatic carbocycles. The number of anilines is 2. The van der Waals surface area contributed by atoms with Gasteiger partial charge in [0.05, 0.1) is 0 Å². The van der Waals surface area contributed by atoms with E-state index in [-0.39, 0.29) is 5.91 Å². The highest BCUT2D eigenvalue weighted by molar-refractivity contribution is 5.93. The van der Waals surface area contributed by atoms with Gasteiger partial charge in [0.1, 0.15) is 17.8 Å². The van der Waals surface area contributed by atoms with E-state index >= 15 is 0 Å². The lowest BCUT2D eigenvalue weighted by Gasteiger charge is -2.28. The molecule has 0 atom stereocenters.